The molecule has 0 saturated heterocycles. The van der Waals surface area contributed by atoms with Crippen molar-refractivity contribution in [3.05, 3.63) is 47.5 Å². The maximum absolute atomic E-state index is 12.4. The number of aliphatic hydroxyl groups excluding tert-OH is 1. The number of aliphatic carboxylic acids is 1. The fraction of sp³-hybridized carbons (Fsp3) is 0.615. The van der Waals surface area contributed by atoms with Gasteiger partial charge in [-0.3, -0.25) is 4.79 Å². The fourth-order valence-electron chi connectivity index (χ4n) is 3.61. The van der Waals surface area contributed by atoms with Crippen LogP contribution in [0.25, 0.3) is 0 Å². The summed E-state index contributed by atoms with van der Waals surface area (Å²) in [7, 11) is 0. The van der Waals surface area contributed by atoms with Crippen LogP contribution in [0.5, 0.6) is 0 Å². The Hall–Kier alpha value is -1.94. The van der Waals surface area contributed by atoms with Gasteiger partial charge in [-0.05, 0) is 32.1 Å². The lowest BCUT2D eigenvalue weighted by Gasteiger charge is -2.11. The molecule has 2 N–H and O–H groups in total. The van der Waals surface area contributed by atoms with Gasteiger partial charge in [-0.2, -0.15) is 0 Å². The molecule has 4 nitrogen and oxygen atoms in total. The molecule has 0 aliphatic rings. The summed E-state index contributed by atoms with van der Waals surface area (Å²) in [6.45, 7) is 2.25. The first-order chi connectivity index (χ1) is 14.6. The zero-order valence-electron chi connectivity index (χ0n) is 18.7. The van der Waals surface area contributed by atoms with E-state index in [0.29, 0.717) is 12.0 Å². The minimum absolute atomic E-state index is 0.0940. The molecule has 1 aromatic rings. The molecule has 1 atom stereocenters. The number of carbonyl (C=O) groups excluding carboxylic acids is 1. The lowest BCUT2D eigenvalue weighted by atomic mass is 9.96. The number of unbranched alkanes of at least 4 members (excludes halogenated alkanes) is 11. The number of ketones is 1. The van der Waals surface area contributed by atoms with Gasteiger partial charge >= 0.3 is 5.97 Å². The second-order valence-corrected chi connectivity index (χ2v) is 8.09. The summed E-state index contributed by atoms with van der Waals surface area (Å²) in [5, 5.41) is 18.8. The Morgan fingerprint density at radius 1 is 0.833 bits per heavy atom. The molecule has 0 heterocycles. The van der Waals surface area contributed by atoms with Crippen molar-refractivity contribution in [1.29, 1.82) is 0 Å². The Morgan fingerprint density at radius 2 is 1.37 bits per heavy atom. The van der Waals surface area contributed by atoms with E-state index in [4.69, 9.17) is 5.11 Å². The van der Waals surface area contributed by atoms with Gasteiger partial charge in [0.15, 0.2) is 11.9 Å². The first kappa shape index (κ1) is 26.1. The lowest BCUT2D eigenvalue weighted by Crippen LogP contribution is -2.15. The van der Waals surface area contributed by atoms with Gasteiger partial charge in [0.05, 0.1) is 0 Å². The van der Waals surface area contributed by atoms with Gasteiger partial charge in [0.2, 0.25) is 0 Å². The first-order valence-electron chi connectivity index (χ1n) is 11.8. The van der Waals surface area contributed by atoms with Gasteiger partial charge in [-0.15, -0.1) is 0 Å². The highest BCUT2D eigenvalue weighted by Gasteiger charge is 2.21. The number of hydrogen-bond donors (Lipinski definition) is 2. The normalized spacial score (nSPS) is 12.3. The SMILES string of the molecule is CCCCCCCCC=CCCCCCCCC(=O)c1ccccc1C(O)C(=O)O. The van der Waals surface area contributed by atoms with E-state index in [1.54, 1.807) is 18.2 Å². The fourth-order valence-corrected chi connectivity index (χ4v) is 3.61. The average Bonchev–Trinajstić information content (AvgIpc) is 2.75. The highest BCUT2D eigenvalue weighted by Crippen LogP contribution is 2.21. The van der Waals surface area contributed by atoms with Crippen LogP contribution in [0.3, 0.4) is 0 Å². The summed E-state index contributed by atoms with van der Waals surface area (Å²) in [4.78, 5) is 23.4. The quantitative estimate of drug-likeness (QED) is 0.153. The average molecular weight is 417 g/mol. The van der Waals surface area contributed by atoms with Crippen LogP contribution in [0.2, 0.25) is 0 Å². The zero-order chi connectivity index (χ0) is 22.0. The van der Waals surface area contributed by atoms with Crippen LogP contribution in [0, 0.1) is 0 Å². The lowest BCUT2D eigenvalue weighted by molar-refractivity contribution is -0.146. The molecular weight excluding hydrogens is 376 g/mol. The molecule has 4 heteroatoms. The molecule has 0 spiro atoms. The van der Waals surface area contributed by atoms with Crippen molar-refractivity contribution in [3.8, 4) is 0 Å². The van der Waals surface area contributed by atoms with Crippen LogP contribution in [0.4, 0.5) is 0 Å². The smallest absolute Gasteiger partial charge is 0.337 e. The molecule has 1 aromatic carbocycles. The number of aliphatic hydroxyl groups is 1. The van der Waals surface area contributed by atoms with Crippen LogP contribution in [-0.4, -0.2) is 22.0 Å². The van der Waals surface area contributed by atoms with Crippen molar-refractivity contribution in [3.63, 3.8) is 0 Å². The van der Waals surface area contributed by atoms with Crippen LogP contribution in [-0.2, 0) is 4.79 Å². The molecule has 1 rings (SSSR count). The van der Waals surface area contributed by atoms with Gasteiger partial charge in [-0.1, -0.05) is 94.7 Å². The second kappa shape index (κ2) is 16.8. The first-order valence-corrected chi connectivity index (χ1v) is 11.8. The molecule has 0 aromatic heterocycles. The zero-order valence-corrected chi connectivity index (χ0v) is 18.7. The summed E-state index contributed by atoms with van der Waals surface area (Å²) in [6.07, 6.45) is 19.0. The monoisotopic (exact) mass is 416 g/mol. The van der Waals surface area contributed by atoms with Crippen LogP contribution in [0.1, 0.15) is 119 Å². The summed E-state index contributed by atoms with van der Waals surface area (Å²) in [5.41, 5.74) is 0.505. The molecule has 1 unspecified atom stereocenters. The third kappa shape index (κ3) is 11.3. The Labute approximate surface area is 182 Å². The summed E-state index contributed by atoms with van der Waals surface area (Å²) < 4.78 is 0. The van der Waals surface area contributed by atoms with E-state index in [9.17, 15) is 14.7 Å². The maximum atomic E-state index is 12.4. The molecule has 0 radical (unpaired) electrons. The minimum atomic E-state index is -1.65. The predicted octanol–water partition coefficient (Wildman–Crippen LogP) is 7.02. The van der Waals surface area contributed by atoms with Crippen molar-refractivity contribution in [2.45, 2.75) is 103 Å². The summed E-state index contributed by atoms with van der Waals surface area (Å²) in [5.74, 6) is -1.43. The number of carboxylic acids is 1. The standard InChI is InChI=1S/C26H40O4/c1-2-3-4-5-6-7-8-9-10-11-12-13-14-15-16-21-24(27)22-19-17-18-20-23(22)25(28)26(29)30/h9-10,17-20,25,28H,2-8,11-16,21H2,1H3,(H,29,30). The van der Waals surface area contributed by atoms with Gasteiger partial charge in [0.25, 0.3) is 0 Å². The molecule has 0 fully saturated rings. The minimum Gasteiger partial charge on any atom is -0.479 e. The Bertz CT molecular complexity index is 636. The third-order valence-electron chi connectivity index (χ3n) is 5.46. The van der Waals surface area contributed by atoms with Crippen molar-refractivity contribution >= 4 is 11.8 Å². The Kier molecular flexibility index (Phi) is 14.6. The number of carbonyl (C=O) groups is 2. The van der Waals surface area contributed by atoms with Crippen molar-refractivity contribution in [2.75, 3.05) is 0 Å². The summed E-state index contributed by atoms with van der Waals surface area (Å²) >= 11 is 0. The number of rotatable bonds is 18. The van der Waals surface area contributed by atoms with Crippen molar-refractivity contribution in [2.24, 2.45) is 0 Å². The molecule has 0 aliphatic carbocycles. The molecule has 168 valence electrons. The van der Waals surface area contributed by atoms with Crippen LogP contribution in [0.15, 0.2) is 36.4 Å². The van der Waals surface area contributed by atoms with E-state index in [2.05, 4.69) is 19.1 Å². The van der Waals surface area contributed by atoms with Gasteiger partial charge < -0.3 is 10.2 Å². The molecule has 0 aliphatic heterocycles. The van der Waals surface area contributed by atoms with Crippen molar-refractivity contribution < 1.29 is 19.8 Å². The van der Waals surface area contributed by atoms with Gasteiger partial charge in [0.1, 0.15) is 0 Å². The second-order valence-electron chi connectivity index (χ2n) is 8.09. The maximum Gasteiger partial charge on any atom is 0.337 e. The number of hydrogen-bond acceptors (Lipinski definition) is 3. The molecule has 0 bridgehead atoms. The molecule has 30 heavy (non-hydrogen) atoms. The molecule has 0 amide bonds. The van der Waals surface area contributed by atoms with Crippen LogP contribution >= 0.6 is 0 Å². The van der Waals surface area contributed by atoms with E-state index in [0.717, 1.165) is 25.7 Å². The molecular formula is C26H40O4. The van der Waals surface area contributed by atoms with Crippen LogP contribution < -0.4 is 0 Å². The van der Waals surface area contributed by atoms with Crippen molar-refractivity contribution in [1.82, 2.24) is 0 Å². The number of allylic oxidation sites excluding steroid dienone is 2. The number of benzene rings is 1. The largest absolute Gasteiger partial charge is 0.479 e. The topological polar surface area (TPSA) is 74.6 Å². The highest BCUT2D eigenvalue weighted by atomic mass is 16.4. The van der Waals surface area contributed by atoms with Gasteiger partial charge in [-0.25, -0.2) is 4.79 Å². The number of carboxylic acid groups (broad SMARTS) is 1. The van der Waals surface area contributed by atoms with Gasteiger partial charge in [0, 0.05) is 17.5 Å². The summed E-state index contributed by atoms with van der Waals surface area (Å²) in [6, 6.07) is 6.44. The van der Waals surface area contributed by atoms with E-state index < -0.39 is 12.1 Å². The van der Waals surface area contributed by atoms with E-state index in [1.807, 2.05) is 0 Å². The number of Topliss-reactive ketones (excluding diaryl/α,β-unsaturated/α-hetero) is 1. The Balaban J connectivity index is 2.09. The van der Waals surface area contributed by atoms with E-state index in [-0.39, 0.29) is 11.3 Å². The van der Waals surface area contributed by atoms with E-state index in [1.165, 1.54) is 63.9 Å². The predicted molar refractivity (Wildman–Crippen MR) is 123 cm³/mol. The highest BCUT2D eigenvalue weighted by molar-refractivity contribution is 5.98. The van der Waals surface area contributed by atoms with E-state index >= 15 is 0 Å². The molecule has 0 saturated carbocycles. The third-order valence-corrected chi connectivity index (χ3v) is 5.46. The Morgan fingerprint density at radius 3 is 1.97 bits per heavy atom.